The number of hydrogen-bond donors (Lipinski definition) is 19. The van der Waals surface area contributed by atoms with Gasteiger partial charge in [-0.05, 0) is 114 Å². The summed E-state index contributed by atoms with van der Waals surface area (Å²) in [5.41, 5.74) is 53.0. The molecule has 0 aliphatic heterocycles. The fraction of sp³-hybridized carbons (Fsp3) is 0.123. The monoisotopic (exact) mass is 1570 g/mol. The van der Waals surface area contributed by atoms with Gasteiger partial charge in [0.15, 0.2) is 46.8 Å². The maximum atomic E-state index is 13.6. The molecule has 0 heterocycles. The second-order valence-electron chi connectivity index (χ2n) is 19.6. The minimum atomic E-state index is -0.532. The predicted molar refractivity (Wildman–Crippen MR) is 425 cm³/mol. The zero-order chi connectivity index (χ0) is 74.6. The van der Waals surface area contributed by atoms with E-state index in [4.69, 9.17) is 92.5 Å². The molecule has 0 spiro atoms. The van der Waals surface area contributed by atoms with Crippen LogP contribution in [0.4, 0.5) is 22.0 Å². The zero-order valence-corrected chi connectivity index (χ0v) is 61.6. The maximum absolute atomic E-state index is 13.6. The summed E-state index contributed by atoms with van der Waals surface area (Å²) in [5.74, 6) is 1.18. The third-order valence-electron chi connectivity index (χ3n) is 12.0. The summed E-state index contributed by atoms with van der Waals surface area (Å²) >= 11 is 22.4. The number of halogens is 5. The van der Waals surface area contributed by atoms with Gasteiger partial charge in [-0.1, -0.05) is 132 Å². The molecular formula is C65H71F5N18O3S10. The van der Waals surface area contributed by atoms with Crippen molar-refractivity contribution in [1.29, 1.82) is 32.5 Å². The van der Waals surface area contributed by atoms with E-state index in [-0.39, 0.29) is 71.1 Å². The van der Waals surface area contributed by atoms with E-state index in [0.717, 1.165) is 73.5 Å². The summed E-state index contributed by atoms with van der Waals surface area (Å²) in [7, 11) is 0. The average molecular weight is 1570 g/mol. The fourth-order valence-corrected chi connectivity index (χ4v) is 12.0. The Morgan fingerprint density at radius 2 is 0.683 bits per heavy atom. The molecule has 0 aromatic heterocycles. The Morgan fingerprint density at radius 3 is 1.12 bits per heavy atom. The smallest absolute Gasteiger partial charge is 0.176 e. The fourth-order valence-electron chi connectivity index (χ4n) is 7.75. The molecule has 101 heavy (non-hydrogen) atoms. The Kier molecular flexibility index (Phi) is 38.2. The molecule has 8 aromatic rings. The molecule has 0 aliphatic rings. The number of nitrogens with two attached hydrogens (primary N) is 9. The summed E-state index contributed by atoms with van der Waals surface area (Å²) in [5, 5.41) is 43.0. The molecule has 0 saturated heterocycles. The summed E-state index contributed by atoms with van der Waals surface area (Å²) in [6.45, 7) is 0.652. The Balaban J connectivity index is 0.000000280. The van der Waals surface area contributed by atoms with E-state index in [2.05, 4.69) is 89.4 Å². The summed E-state index contributed by atoms with van der Waals surface area (Å²) in [4.78, 5) is 14.3. The number of thiol groups is 4. The van der Waals surface area contributed by atoms with Gasteiger partial charge in [0.05, 0.1) is 19.6 Å². The van der Waals surface area contributed by atoms with Crippen LogP contribution in [0.25, 0.3) is 0 Å². The van der Waals surface area contributed by atoms with Crippen molar-refractivity contribution in [2.24, 2.45) is 66.6 Å². The van der Waals surface area contributed by atoms with Crippen molar-refractivity contribution in [2.75, 3.05) is 0 Å². The number of rotatable bonds is 24. The Labute approximate surface area is 627 Å². The lowest BCUT2D eigenvalue weighted by Gasteiger charge is -2.20. The number of ether oxygens (including phenoxy) is 3. The molecule has 8 aromatic carbocycles. The van der Waals surface area contributed by atoms with Crippen molar-refractivity contribution < 1.29 is 36.2 Å². The first kappa shape index (κ1) is 85.0. The number of benzene rings is 8. The Hall–Kier alpha value is -8.46. The van der Waals surface area contributed by atoms with E-state index in [1.807, 2.05) is 60.7 Å². The van der Waals surface area contributed by atoms with Crippen molar-refractivity contribution in [2.45, 2.75) is 57.9 Å². The van der Waals surface area contributed by atoms with E-state index >= 15 is 0 Å². The van der Waals surface area contributed by atoms with Crippen molar-refractivity contribution in [3.63, 3.8) is 0 Å². The van der Waals surface area contributed by atoms with E-state index in [9.17, 15) is 22.0 Å². The lowest BCUT2D eigenvalue weighted by molar-refractivity contribution is 0.293. The highest BCUT2D eigenvalue weighted by Gasteiger charge is 2.20. The van der Waals surface area contributed by atoms with Crippen LogP contribution in [-0.4, -0.2) is 46.5 Å². The molecule has 1 unspecified atom stereocenters. The molecular weight excluding hydrogens is 1500 g/mol. The first-order chi connectivity index (χ1) is 47.9. The normalized spacial score (nSPS) is 11.3. The molecule has 1 atom stereocenters. The van der Waals surface area contributed by atoms with Crippen molar-refractivity contribution >= 4 is 168 Å². The maximum Gasteiger partial charge on any atom is 0.176 e. The molecule has 0 fully saturated rings. The van der Waals surface area contributed by atoms with E-state index in [1.165, 1.54) is 96.7 Å². The number of nitrogens with zero attached hydrogens (tertiary/aromatic N) is 3. The van der Waals surface area contributed by atoms with Gasteiger partial charge in [-0.2, -0.15) is 0 Å². The SMILES string of the molecule is N=C(N)S.N=C(N)SCc1cc(F)ccc1OC(SC(=N)N)c1ccccc1.N=C(N)SCc1cc(F)ccc1Oc1ccc(F)cc1CN=C(N)S.N=C(N)SCc1ccc(F)cc1Oc1ccc(F)cc1CN=C(N)S.N=C(N)SCc1ccccc1Sc1ccccc1CN=C(N)S. The number of thioether (sulfide) groups is 5. The van der Waals surface area contributed by atoms with Gasteiger partial charge in [-0.3, -0.25) is 47.4 Å². The predicted octanol–water partition coefficient (Wildman–Crippen LogP) is 14.4. The lowest BCUT2D eigenvalue weighted by Crippen LogP contribution is -2.13. The average Bonchev–Trinajstić information content (AvgIpc) is 0.851. The van der Waals surface area contributed by atoms with Crippen LogP contribution < -0.4 is 65.8 Å². The van der Waals surface area contributed by atoms with Crippen LogP contribution in [0.1, 0.15) is 49.9 Å². The number of nitrogens with one attached hydrogen (secondary N) is 6. The third-order valence-corrected chi connectivity index (χ3v) is 17.6. The first-order valence-electron chi connectivity index (χ1n) is 28.7. The molecule has 24 N–H and O–H groups in total. The molecule has 0 amide bonds. The van der Waals surface area contributed by atoms with Crippen LogP contribution in [0.5, 0.6) is 28.7 Å². The number of aliphatic imine (C=N–C) groups is 3. The minimum absolute atomic E-state index is 0.0528. The summed E-state index contributed by atoms with van der Waals surface area (Å²) < 4.78 is 85.2. The van der Waals surface area contributed by atoms with E-state index in [0.29, 0.717) is 74.6 Å². The molecule has 36 heteroatoms. The van der Waals surface area contributed by atoms with Gasteiger partial charge >= 0.3 is 0 Å². The van der Waals surface area contributed by atoms with Gasteiger partial charge in [0.1, 0.15) is 63.0 Å². The highest BCUT2D eigenvalue weighted by molar-refractivity contribution is 8.14. The number of amidine groups is 9. The highest BCUT2D eigenvalue weighted by Crippen LogP contribution is 2.38. The van der Waals surface area contributed by atoms with E-state index in [1.54, 1.807) is 17.8 Å². The van der Waals surface area contributed by atoms with Crippen molar-refractivity contribution in [3.8, 4) is 28.7 Å². The zero-order valence-electron chi connectivity index (χ0n) is 53.1. The number of hydrogen-bond acceptors (Lipinski definition) is 18. The molecule has 0 aliphatic carbocycles. The van der Waals surface area contributed by atoms with Gasteiger partial charge in [0.2, 0.25) is 0 Å². The highest BCUT2D eigenvalue weighted by atomic mass is 32.2. The van der Waals surface area contributed by atoms with Crippen LogP contribution in [0, 0.1) is 61.5 Å². The Bertz CT molecular complexity index is 4210. The molecule has 0 bridgehead atoms. The van der Waals surface area contributed by atoms with Gasteiger partial charge in [-0.15, -0.1) is 50.5 Å². The van der Waals surface area contributed by atoms with Crippen LogP contribution >= 0.6 is 121 Å². The molecule has 8 rings (SSSR count). The van der Waals surface area contributed by atoms with Gasteiger partial charge in [0.25, 0.3) is 0 Å². The van der Waals surface area contributed by atoms with Crippen LogP contribution in [0.15, 0.2) is 195 Å². The van der Waals surface area contributed by atoms with E-state index < -0.39 is 34.5 Å². The molecule has 21 nitrogen and oxygen atoms in total. The van der Waals surface area contributed by atoms with Crippen LogP contribution in [0.2, 0.25) is 0 Å². The van der Waals surface area contributed by atoms with Gasteiger partial charge in [-0.25, -0.2) is 22.0 Å². The van der Waals surface area contributed by atoms with Crippen LogP contribution in [0.3, 0.4) is 0 Å². The Morgan fingerprint density at radius 1 is 0.356 bits per heavy atom. The molecule has 0 saturated carbocycles. The van der Waals surface area contributed by atoms with Gasteiger partial charge < -0.3 is 65.8 Å². The van der Waals surface area contributed by atoms with Crippen molar-refractivity contribution in [1.82, 2.24) is 0 Å². The third kappa shape index (κ3) is 34.6. The quantitative estimate of drug-likeness (QED) is 0.00878. The molecule has 534 valence electrons. The largest absolute Gasteiger partial charge is 0.474 e. The summed E-state index contributed by atoms with van der Waals surface area (Å²) in [6, 6.07) is 45.8. The lowest BCUT2D eigenvalue weighted by atomic mass is 10.2. The van der Waals surface area contributed by atoms with Crippen LogP contribution in [-0.2, 0) is 42.6 Å². The summed E-state index contributed by atoms with van der Waals surface area (Å²) in [6.07, 6.45) is 0. The second-order valence-corrected chi connectivity index (χ2v) is 27.8. The standard InChI is InChI=1S/2C16H16F2N4OS2.C16H17FN4OS2.C16H18N4S3.CH4N2S/c17-11-1-3-13(9(5-11)7-22-16(21)24)23-14-4-2-12(18)6-10(14)8-25-15(19)20;17-11-3-4-13(10(5-11)7-22-16(21)24)23-14-6-12(18)2-1-9(14)8-25-15(19)20;17-12-6-7-13(11(8-12)9-23-15(18)19)22-14(24-16(20)21)10-4-2-1-3-5-10;17-15(18)22-10-12-6-2-4-8-14(12)23-13-7-3-1-5-11(13)9-20-16(19)21;2-1(3)4/h2*1-6H,7-8H2,(H3,19,20)(H3,21,22,24);1-8,14H,9H2,(H3,18,19)(H3,20,21);1-8H,9-10H2,(H3,17,18)(H3,19,20,21);(H4,2,3,4). The topological polar surface area (TPSA) is 442 Å². The van der Waals surface area contributed by atoms with Gasteiger partial charge in [0, 0.05) is 72.2 Å². The molecule has 0 radical (unpaired) electrons. The first-order valence-corrected chi connectivity index (χ1v) is 36.1. The van der Waals surface area contributed by atoms with Crippen molar-refractivity contribution in [3.05, 3.63) is 243 Å². The second kappa shape index (κ2) is 45.4. The minimum Gasteiger partial charge on any atom is -0.474 e.